The SMILES string of the molecule is O=c1[nH]c2c3ccccc3c-2c1=O. The first-order chi connectivity index (χ1) is 6.29. The maximum atomic E-state index is 11.3. The molecule has 0 radical (unpaired) electrons. The molecule has 0 saturated heterocycles. The van der Waals surface area contributed by atoms with E-state index in [1.807, 2.05) is 24.3 Å². The van der Waals surface area contributed by atoms with Crippen LogP contribution in [0, 0.1) is 0 Å². The Kier molecular flexibility index (Phi) is 0.953. The van der Waals surface area contributed by atoms with Crippen LogP contribution in [0.1, 0.15) is 0 Å². The van der Waals surface area contributed by atoms with Gasteiger partial charge in [-0.1, -0.05) is 24.3 Å². The lowest BCUT2D eigenvalue weighted by molar-refractivity contribution is 1.31. The van der Waals surface area contributed by atoms with Crippen molar-refractivity contribution < 1.29 is 0 Å². The number of benzene rings is 1. The van der Waals surface area contributed by atoms with Crippen molar-refractivity contribution in [1.82, 2.24) is 4.98 Å². The van der Waals surface area contributed by atoms with Gasteiger partial charge in [-0.2, -0.15) is 0 Å². The van der Waals surface area contributed by atoms with Crippen molar-refractivity contribution in [2.45, 2.75) is 0 Å². The second kappa shape index (κ2) is 1.88. The van der Waals surface area contributed by atoms with Gasteiger partial charge in [0.2, 0.25) is 0 Å². The maximum absolute atomic E-state index is 11.3. The number of H-pyrrole nitrogens is 1. The molecule has 3 heteroatoms. The van der Waals surface area contributed by atoms with Gasteiger partial charge in [-0.25, -0.2) is 0 Å². The average Bonchev–Trinajstić information content (AvgIpc) is 2.37. The molecular formula is C10H5NO2. The fourth-order valence-corrected chi connectivity index (χ4v) is 1.78. The van der Waals surface area contributed by atoms with Gasteiger partial charge in [0.1, 0.15) is 0 Å². The Morgan fingerprint density at radius 1 is 1.00 bits per heavy atom. The van der Waals surface area contributed by atoms with Crippen LogP contribution in [-0.2, 0) is 0 Å². The van der Waals surface area contributed by atoms with Crippen LogP contribution in [0.5, 0.6) is 0 Å². The van der Waals surface area contributed by atoms with Crippen molar-refractivity contribution >= 4 is 10.8 Å². The highest BCUT2D eigenvalue weighted by molar-refractivity contribution is 6.12. The maximum Gasteiger partial charge on any atom is 0.296 e. The van der Waals surface area contributed by atoms with Crippen molar-refractivity contribution in [2.75, 3.05) is 0 Å². The molecule has 1 aromatic carbocycles. The largest absolute Gasteiger partial charge is 0.318 e. The average molecular weight is 171 g/mol. The number of aromatic amines is 1. The normalized spacial score (nSPS) is 11.7. The van der Waals surface area contributed by atoms with E-state index in [-0.39, 0.29) is 0 Å². The lowest BCUT2D eigenvalue weighted by Crippen LogP contribution is -2.19. The number of nitrogens with one attached hydrogen (secondary N) is 1. The predicted molar refractivity (Wildman–Crippen MR) is 49.8 cm³/mol. The summed E-state index contributed by atoms with van der Waals surface area (Å²) >= 11 is 0. The van der Waals surface area contributed by atoms with E-state index in [0.717, 1.165) is 10.8 Å². The molecule has 0 saturated carbocycles. The minimum Gasteiger partial charge on any atom is -0.318 e. The van der Waals surface area contributed by atoms with Gasteiger partial charge in [-0.05, 0) is 5.39 Å². The Morgan fingerprint density at radius 3 is 2.46 bits per heavy atom. The Labute approximate surface area is 72.7 Å². The minimum absolute atomic E-state index is 0.409. The van der Waals surface area contributed by atoms with Gasteiger partial charge in [-0.15, -0.1) is 0 Å². The molecule has 1 aliphatic carbocycles. The van der Waals surface area contributed by atoms with Crippen molar-refractivity contribution in [1.29, 1.82) is 0 Å². The summed E-state index contributed by atoms with van der Waals surface area (Å²) in [5, 5.41) is 1.86. The molecule has 3 nitrogen and oxygen atoms in total. The second-order valence-electron chi connectivity index (χ2n) is 3.08. The third kappa shape index (κ3) is 0.605. The molecule has 0 atom stereocenters. The molecule has 1 heterocycles. The quantitative estimate of drug-likeness (QED) is 0.510. The van der Waals surface area contributed by atoms with E-state index < -0.39 is 11.0 Å². The van der Waals surface area contributed by atoms with Gasteiger partial charge >= 0.3 is 0 Å². The Bertz CT molecular complexity index is 640. The summed E-state index contributed by atoms with van der Waals surface area (Å²) in [6, 6.07) is 7.50. The lowest BCUT2D eigenvalue weighted by atomic mass is 9.94. The highest BCUT2D eigenvalue weighted by atomic mass is 16.2. The van der Waals surface area contributed by atoms with Crippen LogP contribution < -0.4 is 11.0 Å². The third-order valence-electron chi connectivity index (χ3n) is 2.39. The first-order valence-electron chi connectivity index (χ1n) is 3.99. The molecule has 0 aromatic heterocycles. The van der Waals surface area contributed by atoms with Crippen molar-refractivity contribution in [3.63, 3.8) is 0 Å². The summed E-state index contributed by atoms with van der Waals surface area (Å²) < 4.78 is 0. The van der Waals surface area contributed by atoms with Crippen LogP contribution in [-0.4, -0.2) is 4.98 Å². The monoisotopic (exact) mass is 171 g/mol. The fourth-order valence-electron chi connectivity index (χ4n) is 1.78. The van der Waals surface area contributed by atoms with E-state index in [1.165, 1.54) is 0 Å². The molecule has 0 amide bonds. The summed E-state index contributed by atoms with van der Waals surface area (Å²) in [5.74, 6) is 0. The van der Waals surface area contributed by atoms with Crippen LogP contribution in [0.15, 0.2) is 33.9 Å². The van der Waals surface area contributed by atoms with E-state index in [4.69, 9.17) is 0 Å². The molecule has 13 heavy (non-hydrogen) atoms. The fraction of sp³-hybridized carbons (Fsp3) is 0. The van der Waals surface area contributed by atoms with Gasteiger partial charge in [0.25, 0.3) is 11.0 Å². The van der Waals surface area contributed by atoms with Gasteiger partial charge in [-0.3, -0.25) is 9.59 Å². The standard InChI is InChI=1S/C10H5NO2/c12-9-7-5-3-1-2-4-6(5)8(7)11-10(9)13/h1-4H,(H,11,12,13). The van der Waals surface area contributed by atoms with Crippen LogP contribution in [0.25, 0.3) is 22.0 Å². The van der Waals surface area contributed by atoms with Crippen LogP contribution in [0.4, 0.5) is 0 Å². The molecule has 1 N–H and O–H groups in total. The number of hydrogen-bond acceptors (Lipinski definition) is 2. The van der Waals surface area contributed by atoms with Crippen molar-refractivity contribution in [2.24, 2.45) is 0 Å². The summed E-state index contributed by atoms with van der Waals surface area (Å²) in [4.78, 5) is 24.8. The predicted octanol–water partition coefficient (Wildman–Crippen LogP) is 0.869. The Balaban J connectivity index is 2.70. The number of aromatic nitrogens is 1. The van der Waals surface area contributed by atoms with E-state index in [1.54, 1.807) is 0 Å². The van der Waals surface area contributed by atoms with Crippen molar-refractivity contribution in [3.05, 3.63) is 44.8 Å². The molecule has 0 bridgehead atoms. The Morgan fingerprint density at radius 2 is 1.69 bits per heavy atom. The molecule has 62 valence electrons. The molecule has 0 unspecified atom stereocenters. The smallest absolute Gasteiger partial charge is 0.296 e. The summed E-state index contributed by atoms with van der Waals surface area (Å²) in [6.45, 7) is 0. The van der Waals surface area contributed by atoms with Crippen molar-refractivity contribution in [3.8, 4) is 11.3 Å². The molecule has 0 fully saturated rings. The highest BCUT2D eigenvalue weighted by Gasteiger charge is 2.23. The molecule has 2 aliphatic rings. The van der Waals surface area contributed by atoms with Crippen LogP contribution >= 0.6 is 0 Å². The van der Waals surface area contributed by atoms with E-state index >= 15 is 0 Å². The molecule has 1 aromatic rings. The lowest BCUT2D eigenvalue weighted by Gasteiger charge is -2.09. The van der Waals surface area contributed by atoms with Gasteiger partial charge in [0.05, 0.1) is 11.3 Å². The molecular weight excluding hydrogens is 166 g/mol. The number of rotatable bonds is 0. The first-order valence-corrected chi connectivity index (χ1v) is 3.99. The second-order valence-corrected chi connectivity index (χ2v) is 3.08. The topological polar surface area (TPSA) is 49.9 Å². The zero-order valence-electron chi connectivity index (χ0n) is 6.63. The van der Waals surface area contributed by atoms with E-state index in [0.29, 0.717) is 11.3 Å². The van der Waals surface area contributed by atoms with Crippen LogP contribution in [0.3, 0.4) is 0 Å². The van der Waals surface area contributed by atoms with Gasteiger partial charge in [0, 0.05) is 5.39 Å². The number of fused-ring (bicyclic) bond motifs is 4. The number of hydrogen-bond donors (Lipinski definition) is 1. The molecule has 1 aliphatic heterocycles. The zero-order valence-corrected chi connectivity index (χ0v) is 6.63. The summed E-state index contributed by atoms with van der Waals surface area (Å²) in [7, 11) is 0. The molecule has 3 rings (SSSR count). The minimum atomic E-state index is -0.513. The highest BCUT2D eigenvalue weighted by Crippen LogP contribution is 2.35. The van der Waals surface area contributed by atoms with Gasteiger partial charge in [0.15, 0.2) is 0 Å². The molecule has 0 spiro atoms. The summed E-state index contributed by atoms with van der Waals surface area (Å²) in [6.07, 6.45) is 0. The first kappa shape index (κ1) is 6.60. The summed E-state index contributed by atoms with van der Waals surface area (Å²) in [5.41, 5.74) is 0.334. The van der Waals surface area contributed by atoms with Crippen LogP contribution in [0.2, 0.25) is 0 Å². The zero-order chi connectivity index (χ0) is 9.00. The Hall–Kier alpha value is -1.90. The van der Waals surface area contributed by atoms with E-state index in [2.05, 4.69) is 4.98 Å². The van der Waals surface area contributed by atoms with E-state index in [9.17, 15) is 9.59 Å². The van der Waals surface area contributed by atoms with Gasteiger partial charge < -0.3 is 4.98 Å². The third-order valence-corrected chi connectivity index (χ3v) is 2.39.